The van der Waals surface area contributed by atoms with E-state index >= 15 is 0 Å². The Bertz CT molecular complexity index is 1200. The summed E-state index contributed by atoms with van der Waals surface area (Å²) in [6.07, 6.45) is 5.22. The third-order valence-electron chi connectivity index (χ3n) is 5.36. The Morgan fingerprint density at radius 2 is 1.81 bits per heavy atom. The van der Waals surface area contributed by atoms with Gasteiger partial charge in [0.15, 0.2) is 0 Å². The van der Waals surface area contributed by atoms with Gasteiger partial charge in [-0.15, -0.1) is 0 Å². The Morgan fingerprint density at radius 3 is 2.65 bits per heavy atom. The van der Waals surface area contributed by atoms with E-state index in [4.69, 9.17) is 5.10 Å². The molecule has 0 saturated heterocycles. The lowest BCUT2D eigenvalue weighted by atomic mass is 10.0. The SMILES string of the molecule is O=C(CSc1ccccn1)Nc1cc(-c2ccc3c(c2)CCC3)nn1-c1ccccc1. The van der Waals surface area contributed by atoms with Crippen molar-refractivity contribution in [1.29, 1.82) is 0 Å². The van der Waals surface area contributed by atoms with E-state index in [2.05, 4.69) is 28.5 Å². The molecule has 2 aromatic heterocycles. The van der Waals surface area contributed by atoms with Crippen LogP contribution in [0.15, 0.2) is 84.0 Å². The highest BCUT2D eigenvalue weighted by Gasteiger charge is 2.16. The zero-order chi connectivity index (χ0) is 21.0. The van der Waals surface area contributed by atoms with E-state index in [9.17, 15) is 4.79 Å². The third-order valence-corrected chi connectivity index (χ3v) is 6.30. The molecule has 1 aliphatic rings. The van der Waals surface area contributed by atoms with Gasteiger partial charge in [-0.3, -0.25) is 4.79 Å². The maximum Gasteiger partial charge on any atom is 0.235 e. The smallest absolute Gasteiger partial charge is 0.235 e. The second-order valence-corrected chi connectivity index (χ2v) is 8.50. The van der Waals surface area contributed by atoms with Crippen molar-refractivity contribution in [3.63, 3.8) is 0 Å². The number of nitrogens with zero attached hydrogens (tertiary/aromatic N) is 3. The Kier molecular flexibility index (Phi) is 5.54. The molecule has 1 aliphatic carbocycles. The first kappa shape index (κ1) is 19.6. The number of rotatable bonds is 6. The van der Waals surface area contributed by atoms with E-state index in [1.807, 2.05) is 54.6 Å². The zero-order valence-electron chi connectivity index (χ0n) is 17.0. The summed E-state index contributed by atoms with van der Waals surface area (Å²) < 4.78 is 1.80. The van der Waals surface area contributed by atoms with Crippen molar-refractivity contribution in [3.8, 4) is 16.9 Å². The number of nitrogens with one attached hydrogen (secondary N) is 1. The molecular formula is C25H22N4OS. The second-order valence-electron chi connectivity index (χ2n) is 7.50. The molecule has 1 amide bonds. The first-order valence-electron chi connectivity index (χ1n) is 10.4. The number of aryl methyl sites for hydroxylation is 2. The van der Waals surface area contributed by atoms with E-state index in [-0.39, 0.29) is 11.7 Å². The summed E-state index contributed by atoms with van der Waals surface area (Å²) in [5, 5.41) is 8.69. The van der Waals surface area contributed by atoms with E-state index in [1.165, 1.54) is 29.3 Å². The number of fused-ring (bicyclic) bond motifs is 1. The molecule has 6 heteroatoms. The predicted molar refractivity (Wildman–Crippen MR) is 125 cm³/mol. The minimum Gasteiger partial charge on any atom is -0.310 e. The van der Waals surface area contributed by atoms with Crippen LogP contribution in [0.3, 0.4) is 0 Å². The molecule has 0 bridgehead atoms. The van der Waals surface area contributed by atoms with Crippen molar-refractivity contribution >= 4 is 23.5 Å². The lowest BCUT2D eigenvalue weighted by Crippen LogP contribution is -2.17. The van der Waals surface area contributed by atoms with Crippen molar-refractivity contribution in [2.45, 2.75) is 24.3 Å². The molecule has 0 unspecified atom stereocenters. The van der Waals surface area contributed by atoms with Gasteiger partial charge < -0.3 is 5.32 Å². The molecule has 0 radical (unpaired) electrons. The summed E-state index contributed by atoms with van der Waals surface area (Å²) in [6, 6.07) is 24.1. The van der Waals surface area contributed by atoms with Crippen LogP contribution in [0.4, 0.5) is 5.82 Å². The molecule has 0 saturated carbocycles. The molecule has 154 valence electrons. The topological polar surface area (TPSA) is 59.8 Å². The number of anilines is 1. The predicted octanol–water partition coefficient (Wildman–Crippen LogP) is 5.15. The molecule has 0 atom stereocenters. The van der Waals surface area contributed by atoms with E-state index in [0.29, 0.717) is 5.82 Å². The summed E-state index contributed by atoms with van der Waals surface area (Å²) >= 11 is 1.41. The van der Waals surface area contributed by atoms with Gasteiger partial charge in [0.05, 0.1) is 22.2 Å². The van der Waals surface area contributed by atoms with Crippen molar-refractivity contribution < 1.29 is 4.79 Å². The maximum atomic E-state index is 12.7. The van der Waals surface area contributed by atoms with Crippen molar-refractivity contribution in [1.82, 2.24) is 14.8 Å². The molecule has 4 aromatic rings. The highest BCUT2D eigenvalue weighted by atomic mass is 32.2. The summed E-state index contributed by atoms with van der Waals surface area (Å²) in [4.78, 5) is 16.9. The number of aromatic nitrogens is 3. The molecular weight excluding hydrogens is 404 g/mol. The second kappa shape index (κ2) is 8.78. The van der Waals surface area contributed by atoms with Gasteiger partial charge in [-0.25, -0.2) is 9.67 Å². The van der Waals surface area contributed by atoms with E-state index in [1.54, 1.807) is 10.9 Å². The van der Waals surface area contributed by atoms with Crippen LogP contribution >= 0.6 is 11.8 Å². The van der Waals surface area contributed by atoms with Gasteiger partial charge in [0, 0.05) is 17.8 Å². The highest BCUT2D eigenvalue weighted by molar-refractivity contribution is 7.99. The monoisotopic (exact) mass is 426 g/mol. The molecule has 2 heterocycles. The van der Waals surface area contributed by atoms with Gasteiger partial charge in [0.25, 0.3) is 0 Å². The lowest BCUT2D eigenvalue weighted by molar-refractivity contribution is -0.113. The number of carbonyl (C=O) groups is 1. The summed E-state index contributed by atoms with van der Waals surface area (Å²) in [6.45, 7) is 0. The fraction of sp³-hybridized carbons (Fsp3) is 0.160. The largest absolute Gasteiger partial charge is 0.310 e. The fourth-order valence-corrected chi connectivity index (χ4v) is 4.52. The van der Waals surface area contributed by atoms with Gasteiger partial charge in [0.2, 0.25) is 5.91 Å². The molecule has 2 aromatic carbocycles. The molecule has 0 spiro atoms. The first-order chi connectivity index (χ1) is 15.3. The highest BCUT2D eigenvalue weighted by Crippen LogP contribution is 2.30. The van der Waals surface area contributed by atoms with Crippen LogP contribution in [0.1, 0.15) is 17.5 Å². The van der Waals surface area contributed by atoms with Crippen LogP contribution in [0, 0.1) is 0 Å². The van der Waals surface area contributed by atoms with Crippen LogP contribution in [0.5, 0.6) is 0 Å². The summed E-state index contributed by atoms with van der Waals surface area (Å²) in [5.41, 5.74) is 5.68. The van der Waals surface area contributed by atoms with Crippen LogP contribution < -0.4 is 5.32 Å². The molecule has 5 rings (SSSR count). The third kappa shape index (κ3) is 4.39. The lowest BCUT2D eigenvalue weighted by Gasteiger charge is -2.08. The summed E-state index contributed by atoms with van der Waals surface area (Å²) in [7, 11) is 0. The summed E-state index contributed by atoms with van der Waals surface area (Å²) in [5.74, 6) is 0.854. The molecule has 0 fully saturated rings. The Morgan fingerprint density at radius 1 is 0.968 bits per heavy atom. The number of amides is 1. The Labute approximate surface area is 185 Å². The average Bonchev–Trinajstić information content (AvgIpc) is 3.45. The van der Waals surface area contributed by atoms with Crippen LogP contribution in [0.25, 0.3) is 16.9 Å². The number of benzene rings is 2. The van der Waals surface area contributed by atoms with Crippen LogP contribution in [-0.2, 0) is 17.6 Å². The quantitative estimate of drug-likeness (QED) is 0.433. The molecule has 0 aliphatic heterocycles. The number of carbonyl (C=O) groups excluding carboxylic acids is 1. The Hall–Kier alpha value is -3.38. The van der Waals surface area contributed by atoms with E-state index in [0.717, 1.165) is 34.8 Å². The molecule has 1 N–H and O–H groups in total. The van der Waals surface area contributed by atoms with Gasteiger partial charge in [0.1, 0.15) is 5.82 Å². The standard InChI is InChI=1S/C25H22N4OS/c30-24(17-31-25-11-4-5-14-26-25)27-23-16-22(28-29(23)21-9-2-1-3-10-21)20-13-12-18-7-6-8-19(18)15-20/h1-5,9-16H,6-8,17H2,(H,27,30). The van der Waals surface area contributed by atoms with E-state index < -0.39 is 0 Å². The number of thioether (sulfide) groups is 1. The number of para-hydroxylation sites is 1. The Balaban J connectivity index is 1.42. The van der Waals surface area contributed by atoms with Gasteiger partial charge >= 0.3 is 0 Å². The fourth-order valence-electron chi connectivity index (χ4n) is 3.86. The zero-order valence-corrected chi connectivity index (χ0v) is 17.8. The van der Waals surface area contributed by atoms with Crippen LogP contribution in [0.2, 0.25) is 0 Å². The minimum atomic E-state index is -0.0896. The van der Waals surface area contributed by atoms with Gasteiger partial charge in [-0.2, -0.15) is 5.10 Å². The van der Waals surface area contributed by atoms with Gasteiger partial charge in [-0.05, 0) is 60.7 Å². The minimum absolute atomic E-state index is 0.0896. The van der Waals surface area contributed by atoms with Crippen molar-refractivity contribution in [3.05, 3.63) is 90.1 Å². The first-order valence-corrected chi connectivity index (χ1v) is 11.4. The normalized spacial score (nSPS) is 12.5. The van der Waals surface area contributed by atoms with Gasteiger partial charge in [-0.1, -0.05) is 48.2 Å². The number of pyridine rings is 1. The van der Waals surface area contributed by atoms with Crippen molar-refractivity contribution in [2.75, 3.05) is 11.1 Å². The molecule has 31 heavy (non-hydrogen) atoms. The number of hydrogen-bond acceptors (Lipinski definition) is 4. The molecule has 5 nitrogen and oxygen atoms in total. The number of hydrogen-bond donors (Lipinski definition) is 1. The average molecular weight is 427 g/mol. The van der Waals surface area contributed by atoms with Crippen molar-refractivity contribution in [2.24, 2.45) is 0 Å². The maximum absolute atomic E-state index is 12.7. The van der Waals surface area contributed by atoms with Crippen LogP contribution in [-0.4, -0.2) is 26.4 Å².